The van der Waals surface area contributed by atoms with Gasteiger partial charge in [0.2, 0.25) is 5.89 Å². The summed E-state index contributed by atoms with van der Waals surface area (Å²) in [5.41, 5.74) is 1.30. The fraction of sp³-hybridized carbons (Fsp3) is 0.200. The summed E-state index contributed by atoms with van der Waals surface area (Å²) < 4.78 is 47.7. The maximum Gasteiger partial charge on any atom is 0.416 e. The molecule has 43 heavy (non-hydrogen) atoms. The topological polar surface area (TPSA) is 80.3 Å². The molecule has 1 saturated heterocycles. The number of amides is 1. The zero-order valence-electron chi connectivity index (χ0n) is 22.5. The van der Waals surface area contributed by atoms with E-state index in [0.29, 0.717) is 47.7 Å². The number of hydrogen-bond donors (Lipinski definition) is 0. The van der Waals surface area contributed by atoms with E-state index in [9.17, 15) is 18.0 Å². The molecule has 8 nitrogen and oxygen atoms in total. The maximum atomic E-state index is 13.5. The molecule has 3 aromatic carbocycles. The number of carbonyl (C=O) groups is 1. The van der Waals surface area contributed by atoms with Crippen molar-refractivity contribution >= 4 is 35.0 Å². The average molecular weight is 625 g/mol. The minimum Gasteiger partial charge on any atom is -0.447 e. The predicted molar refractivity (Wildman–Crippen MR) is 157 cm³/mol. The van der Waals surface area contributed by atoms with Crippen LogP contribution in [-0.2, 0) is 11.9 Å². The van der Waals surface area contributed by atoms with Gasteiger partial charge < -0.3 is 14.2 Å². The highest BCUT2D eigenvalue weighted by Gasteiger charge is 2.31. The van der Waals surface area contributed by atoms with Crippen LogP contribution in [0.2, 0.25) is 5.02 Å². The Labute approximate surface area is 254 Å². The number of piperazine rings is 1. The Balaban J connectivity index is 1.17. The van der Waals surface area contributed by atoms with Gasteiger partial charge in [0, 0.05) is 31.7 Å². The molecule has 1 aliphatic heterocycles. The molecule has 0 atom stereocenters. The summed E-state index contributed by atoms with van der Waals surface area (Å²) >= 11 is 7.52. The quantitative estimate of drug-likeness (QED) is 0.183. The second-order valence-corrected chi connectivity index (χ2v) is 11.1. The van der Waals surface area contributed by atoms with Crippen molar-refractivity contribution in [1.82, 2.24) is 24.6 Å². The Morgan fingerprint density at radius 2 is 1.67 bits per heavy atom. The van der Waals surface area contributed by atoms with Gasteiger partial charge in [-0.05, 0) is 30.3 Å². The fourth-order valence-electron chi connectivity index (χ4n) is 4.81. The van der Waals surface area contributed by atoms with Crippen LogP contribution in [0, 0.1) is 0 Å². The van der Waals surface area contributed by atoms with Gasteiger partial charge >= 0.3 is 6.18 Å². The predicted octanol–water partition coefficient (Wildman–Crippen LogP) is 6.85. The van der Waals surface area contributed by atoms with Gasteiger partial charge in [0.25, 0.3) is 5.91 Å². The molecule has 2 aromatic heterocycles. The highest BCUT2D eigenvalue weighted by Crippen LogP contribution is 2.34. The highest BCUT2D eigenvalue weighted by molar-refractivity contribution is 7.98. The van der Waals surface area contributed by atoms with Crippen LogP contribution in [0.15, 0.2) is 94.7 Å². The molecule has 13 heteroatoms. The summed E-state index contributed by atoms with van der Waals surface area (Å²) in [6.07, 6.45) is -3.18. The monoisotopic (exact) mass is 624 g/mol. The summed E-state index contributed by atoms with van der Waals surface area (Å²) in [6.45, 7) is 2.27. The largest absolute Gasteiger partial charge is 0.447 e. The molecule has 0 bridgehead atoms. The van der Waals surface area contributed by atoms with Gasteiger partial charge in [0.15, 0.2) is 16.7 Å². The molecule has 0 radical (unpaired) electrons. The molecule has 1 fully saturated rings. The molecule has 0 unspecified atom stereocenters. The van der Waals surface area contributed by atoms with Gasteiger partial charge in [-0.2, -0.15) is 13.2 Å². The number of halogens is 4. The Morgan fingerprint density at radius 1 is 0.930 bits per heavy atom. The molecular formula is C30H24ClF3N6O2S. The van der Waals surface area contributed by atoms with Gasteiger partial charge in [-0.3, -0.25) is 9.36 Å². The van der Waals surface area contributed by atoms with Gasteiger partial charge in [-0.15, -0.1) is 10.2 Å². The summed E-state index contributed by atoms with van der Waals surface area (Å²) in [5.74, 6) is 0.612. The minimum atomic E-state index is -4.51. The zero-order valence-corrected chi connectivity index (χ0v) is 24.1. The van der Waals surface area contributed by atoms with Crippen LogP contribution in [-0.4, -0.2) is 56.7 Å². The number of carbonyl (C=O) groups excluding carboxylic acids is 1. The number of rotatable bonds is 7. The lowest BCUT2D eigenvalue weighted by Crippen LogP contribution is -2.49. The zero-order chi connectivity index (χ0) is 30.0. The van der Waals surface area contributed by atoms with Crippen LogP contribution < -0.4 is 4.90 Å². The van der Waals surface area contributed by atoms with Gasteiger partial charge in [-0.1, -0.05) is 71.9 Å². The van der Waals surface area contributed by atoms with E-state index in [1.807, 2.05) is 54.6 Å². The van der Waals surface area contributed by atoms with Crippen molar-refractivity contribution in [3.05, 3.63) is 107 Å². The molecule has 0 N–H and O–H groups in total. The summed E-state index contributed by atoms with van der Waals surface area (Å²) in [5, 5.41) is 9.56. The Bertz CT molecular complexity index is 1740. The van der Waals surface area contributed by atoms with Crippen molar-refractivity contribution in [2.75, 3.05) is 31.1 Å². The van der Waals surface area contributed by atoms with E-state index in [2.05, 4.69) is 20.1 Å². The van der Waals surface area contributed by atoms with E-state index in [1.165, 1.54) is 24.1 Å². The summed E-state index contributed by atoms with van der Waals surface area (Å²) in [6, 6.07) is 21.7. The lowest BCUT2D eigenvalue weighted by Gasteiger charge is -2.36. The third-order valence-electron chi connectivity index (χ3n) is 6.95. The van der Waals surface area contributed by atoms with Crippen molar-refractivity contribution in [3.63, 3.8) is 0 Å². The van der Waals surface area contributed by atoms with Crippen molar-refractivity contribution in [1.29, 1.82) is 0 Å². The van der Waals surface area contributed by atoms with Crippen LogP contribution in [0.5, 0.6) is 0 Å². The Morgan fingerprint density at radius 3 is 2.42 bits per heavy atom. The Kier molecular flexibility index (Phi) is 8.13. The standard InChI is InChI=1S/C30H24ClF3N6O2S/c31-23-11-4-5-12-25(23)38-13-15-39(16-14-38)28(41)24-18-42-26(35-24)19-43-29-37-36-27(20-7-2-1-3-8-20)40(29)22-10-6-9-21(17-22)30(32,33)34/h1-12,17-18H,13-16,19H2. The third kappa shape index (κ3) is 6.25. The van der Waals surface area contributed by atoms with Crippen molar-refractivity contribution < 1.29 is 22.4 Å². The van der Waals surface area contributed by atoms with E-state index < -0.39 is 11.7 Å². The van der Waals surface area contributed by atoms with Gasteiger partial charge in [-0.25, -0.2) is 4.98 Å². The highest BCUT2D eigenvalue weighted by atomic mass is 35.5. The molecule has 0 saturated carbocycles. The first-order chi connectivity index (χ1) is 20.8. The number of anilines is 1. The number of benzene rings is 3. The van der Waals surface area contributed by atoms with Crippen molar-refractivity contribution in [3.8, 4) is 17.1 Å². The van der Waals surface area contributed by atoms with Crippen molar-refractivity contribution in [2.45, 2.75) is 17.1 Å². The van der Waals surface area contributed by atoms with Gasteiger partial charge in [0.05, 0.1) is 27.7 Å². The molecule has 1 amide bonds. The molecule has 5 aromatic rings. The number of alkyl halides is 3. The lowest BCUT2D eigenvalue weighted by molar-refractivity contribution is -0.137. The van der Waals surface area contributed by atoms with Crippen molar-refractivity contribution in [2.24, 2.45) is 0 Å². The second kappa shape index (κ2) is 12.1. The van der Waals surface area contributed by atoms with E-state index in [0.717, 1.165) is 17.8 Å². The number of hydrogen-bond acceptors (Lipinski definition) is 7. The van der Waals surface area contributed by atoms with E-state index in [-0.39, 0.29) is 28.9 Å². The number of oxazole rings is 1. The smallest absolute Gasteiger partial charge is 0.416 e. The number of nitrogens with zero attached hydrogens (tertiary/aromatic N) is 6. The first-order valence-electron chi connectivity index (χ1n) is 13.3. The summed E-state index contributed by atoms with van der Waals surface area (Å²) in [7, 11) is 0. The van der Waals surface area contributed by atoms with Crippen LogP contribution in [0.25, 0.3) is 17.1 Å². The lowest BCUT2D eigenvalue weighted by atomic mass is 10.1. The molecule has 0 spiro atoms. The Hall–Kier alpha value is -4.29. The SMILES string of the molecule is O=C(c1coc(CSc2nnc(-c3ccccc3)n2-c2cccc(C(F)(F)F)c2)n1)N1CCN(c2ccccc2Cl)CC1. The fourth-order valence-corrected chi connectivity index (χ4v) is 5.87. The maximum absolute atomic E-state index is 13.5. The van der Waals surface area contributed by atoms with E-state index >= 15 is 0 Å². The molecular weight excluding hydrogens is 601 g/mol. The van der Waals surface area contributed by atoms with Crippen LogP contribution >= 0.6 is 23.4 Å². The van der Waals surface area contributed by atoms with Crippen LogP contribution in [0.3, 0.4) is 0 Å². The number of aromatic nitrogens is 4. The van der Waals surface area contributed by atoms with E-state index in [1.54, 1.807) is 15.5 Å². The van der Waals surface area contributed by atoms with Gasteiger partial charge in [0.1, 0.15) is 6.26 Å². The van der Waals surface area contributed by atoms with Crippen LogP contribution in [0.4, 0.5) is 18.9 Å². The molecule has 6 rings (SSSR count). The third-order valence-corrected chi connectivity index (χ3v) is 8.19. The first-order valence-corrected chi connectivity index (χ1v) is 14.7. The molecule has 3 heterocycles. The second-order valence-electron chi connectivity index (χ2n) is 9.70. The molecule has 0 aliphatic carbocycles. The summed E-state index contributed by atoms with van der Waals surface area (Å²) in [4.78, 5) is 21.4. The minimum absolute atomic E-state index is 0.180. The molecule has 220 valence electrons. The van der Waals surface area contributed by atoms with E-state index in [4.69, 9.17) is 16.0 Å². The number of thioether (sulfide) groups is 1. The normalized spacial score (nSPS) is 13.9. The van der Waals surface area contributed by atoms with Crippen LogP contribution in [0.1, 0.15) is 21.9 Å². The average Bonchev–Trinajstić information content (AvgIpc) is 3.68. The number of para-hydroxylation sites is 1. The first kappa shape index (κ1) is 28.8. The molecule has 1 aliphatic rings.